The minimum Gasteiger partial charge on any atom is -0.480 e. The molecule has 6 aromatic rings. The number of hydrogen-bond acceptors (Lipinski definition) is 20. The zero-order valence-electron chi connectivity index (χ0n) is 59.0. The number of carboxylic acid groups (broad SMARTS) is 1. The second kappa shape index (κ2) is 41.9. The molecule has 21 N–H and O–H groups in total. The zero-order chi connectivity index (χ0) is 78.6. The minimum atomic E-state index is -1.98. The van der Waals surface area contributed by atoms with Gasteiger partial charge in [-0.2, -0.15) is 0 Å². The number of amides is 12. The van der Waals surface area contributed by atoms with Gasteiger partial charge in [0.25, 0.3) is 5.91 Å². The number of para-hydroxylation sites is 1. The lowest BCUT2D eigenvalue weighted by atomic mass is 10.0. The van der Waals surface area contributed by atoms with Gasteiger partial charge in [-0.25, -0.2) is 9.18 Å². The van der Waals surface area contributed by atoms with Crippen molar-refractivity contribution in [3.63, 3.8) is 0 Å². The van der Waals surface area contributed by atoms with Gasteiger partial charge in [-0.3, -0.25) is 57.5 Å². The highest BCUT2D eigenvalue weighted by atomic mass is 33.1. The predicted octanol–water partition coefficient (Wildman–Crippen LogP) is -2.22. The number of nitrogens with two attached hydrogens (primary N) is 3. The summed E-state index contributed by atoms with van der Waals surface area (Å²) in [5, 5.41) is 70.8. The van der Waals surface area contributed by atoms with Crippen LogP contribution >= 0.6 is 21.6 Å². The van der Waals surface area contributed by atoms with Crippen LogP contribution in [0.4, 0.5) is 4.39 Å². The number of hydrogen-bond donors (Lipinski definition) is 18. The second-order valence-corrected chi connectivity index (χ2v) is 28.2. The zero-order valence-corrected chi connectivity index (χ0v) is 60.6. The van der Waals surface area contributed by atoms with Gasteiger partial charge in [-0.05, 0) is 91.6 Å². The molecule has 1 fully saturated rings. The summed E-state index contributed by atoms with van der Waals surface area (Å²) in [5.41, 5.74) is 19.7. The van der Waals surface area contributed by atoms with Crippen LogP contribution in [0.15, 0.2) is 152 Å². The molecular weight excluding hydrogens is 1440 g/mol. The molecule has 12 amide bonds. The third-order valence-electron chi connectivity index (χ3n) is 17.2. The van der Waals surface area contributed by atoms with Crippen LogP contribution in [-0.2, 0) is 88.0 Å². The number of carboxylic acids is 1. The van der Waals surface area contributed by atoms with E-state index < -0.39 is 193 Å². The quantitative estimate of drug-likeness (QED) is 0.0302. The topological polar surface area (TPSA) is 518 Å². The molecule has 1 aliphatic rings. The van der Waals surface area contributed by atoms with Crippen LogP contribution in [0.5, 0.6) is 0 Å². The average molecular weight is 1530 g/mol. The van der Waals surface area contributed by atoms with Crippen LogP contribution in [-0.4, -0.2) is 205 Å². The Hall–Kier alpha value is -10.8. The van der Waals surface area contributed by atoms with Crippen molar-refractivity contribution in [1.82, 2.24) is 63.1 Å². The number of carbonyl (C=O) groups excluding carboxylic acids is 12. The van der Waals surface area contributed by atoms with Crippen molar-refractivity contribution < 1.29 is 87.1 Å². The van der Waals surface area contributed by atoms with E-state index in [1.807, 2.05) is 0 Å². The Bertz CT molecular complexity index is 4090. The number of primary amides is 1. The third-order valence-corrected chi connectivity index (χ3v) is 19.7. The molecule has 7 rings (SSSR count). The molecule has 2 heterocycles. The van der Waals surface area contributed by atoms with Crippen molar-refractivity contribution in [1.29, 1.82) is 0 Å². The normalized spacial score (nSPS) is 24.3. The van der Waals surface area contributed by atoms with Crippen molar-refractivity contribution in [2.24, 2.45) is 17.2 Å². The Morgan fingerprint density at radius 1 is 0.472 bits per heavy atom. The number of aromatic nitrogens is 1. The molecule has 0 aliphatic carbocycles. The highest BCUT2D eigenvalue weighted by molar-refractivity contribution is 8.76. The van der Waals surface area contributed by atoms with E-state index in [2.05, 4.69) is 58.5 Å². The maximum absolute atomic E-state index is 15.5. The average Bonchev–Trinajstić information content (AvgIpc) is 1.63. The van der Waals surface area contributed by atoms with E-state index in [1.165, 1.54) is 22.9 Å². The number of halogens is 1. The monoisotopic (exact) mass is 1530 g/mol. The molecule has 0 bridgehead atoms. The Balaban J connectivity index is 1.31. The highest BCUT2D eigenvalue weighted by Crippen LogP contribution is 2.24. The summed E-state index contributed by atoms with van der Waals surface area (Å²) in [4.78, 5) is 186. The van der Waals surface area contributed by atoms with Gasteiger partial charge in [-0.1, -0.05) is 143 Å². The van der Waals surface area contributed by atoms with Gasteiger partial charge in [0.05, 0.1) is 36.8 Å². The summed E-state index contributed by atoms with van der Waals surface area (Å²) in [7, 11) is 1.71. The summed E-state index contributed by atoms with van der Waals surface area (Å²) in [6.07, 6.45) is -5.65. The third kappa shape index (κ3) is 25.7. The van der Waals surface area contributed by atoms with Crippen molar-refractivity contribution in [2.45, 2.75) is 150 Å². The molecule has 1 aliphatic heterocycles. The number of aliphatic hydroxyl groups excluding tert-OH is 3. The number of fused-ring (bicyclic) bond motifs is 1. The van der Waals surface area contributed by atoms with Crippen LogP contribution in [0.1, 0.15) is 68.0 Å². The highest BCUT2D eigenvalue weighted by Gasteiger charge is 2.40. The maximum Gasteiger partial charge on any atom is 0.327 e. The number of aliphatic hydroxyl groups is 3. The van der Waals surface area contributed by atoms with Crippen LogP contribution in [0.25, 0.3) is 10.9 Å². The van der Waals surface area contributed by atoms with E-state index in [1.54, 1.807) is 121 Å². The number of benzene rings is 5. The molecule has 1 saturated heterocycles. The lowest BCUT2D eigenvalue weighted by Crippen LogP contribution is -2.63. The summed E-state index contributed by atoms with van der Waals surface area (Å²) < 4.78 is 15.9. The van der Waals surface area contributed by atoms with Gasteiger partial charge in [-0.15, -0.1) is 0 Å². The first-order valence-corrected chi connectivity index (χ1v) is 37.1. The molecule has 108 heavy (non-hydrogen) atoms. The van der Waals surface area contributed by atoms with Gasteiger partial charge in [0.2, 0.25) is 65.0 Å². The summed E-state index contributed by atoms with van der Waals surface area (Å²) >= 11 is 0. The molecule has 32 nitrogen and oxygen atoms in total. The van der Waals surface area contributed by atoms with Crippen molar-refractivity contribution in [3.8, 4) is 0 Å². The number of nitrogens with one attached hydrogen (secondary N) is 11. The first kappa shape index (κ1) is 84.4. The molecule has 14 atom stereocenters. The van der Waals surface area contributed by atoms with Gasteiger partial charge in [0.15, 0.2) is 6.17 Å². The van der Waals surface area contributed by atoms with E-state index in [0.29, 0.717) is 34.0 Å². The summed E-state index contributed by atoms with van der Waals surface area (Å²) in [5.74, 6) is -16.2. The van der Waals surface area contributed by atoms with Gasteiger partial charge >= 0.3 is 5.97 Å². The van der Waals surface area contributed by atoms with E-state index >= 15 is 19.2 Å². The molecule has 0 spiro atoms. The molecule has 5 aromatic carbocycles. The molecule has 0 radical (unpaired) electrons. The fraction of sp³-hybridized carbons (Fsp3) is 0.384. The Morgan fingerprint density at radius 2 is 0.870 bits per heavy atom. The number of nitrogens with zero attached hydrogens (tertiary/aromatic N) is 1. The maximum atomic E-state index is 15.5. The number of aliphatic carboxylic acids is 1. The smallest absolute Gasteiger partial charge is 0.327 e. The van der Waals surface area contributed by atoms with Gasteiger partial charge in [0.1, 0.15) is 66.2 Å². The lowest BCUT2D eigenvalue weighted by molar-refractivity contribution is -0.142. The number of rotatable bonds is 19. The fourth-order valence-electron chi connectivity index (χ4n) is 11.4. The first-order chi connectivity index (χ1) is 51.6. The predicted molar refractivity (Wildman–Crippen MR) is 397 cm³/mol. The van der Waals surface area contributed by atoms with Crippen LogP contribution in [0.2, 0.25) is 0 Å². The molecule has 2 unspecified atom stereocenters. The summed E-state index contributed by atoms with van der Waals surface area (Å²) in [6.45, 7) is 1.22. The first-order valence-electron chi connectivity index (χ1n) is 34.6. The number of carbonyl (C=O) groups is 13. The number of unbranched alkanes of at least 4 members (excludes halogenated alkanes) is 1. The Morgan fingerprint density at radius 3 is 1.35 bits per heavy atom. The van der Waals surface area contributed by atoms with E-state index in [-0.39, 0.29) is 50.0 Å². The van der Waals surface area contributed by atoms with Gasteiger partial charge in [0, 0.05) is 43.4 Å². The largest absolute Gasteiger partial charge is 0.480 e. The van der Waals surface area contributed by atoms with E-state index in [0.717, 1.165) is 47.6 Å². The summed E-state index contributed by atoms with van der Waals surface area (Å²) in [6, 6.07) is 18.7. The van der Waals surface area contributed by atoms with E-state index in [4.69, 9.17) is 17.2 Å². The molecule has 35 heteroatoms. The van der Waals surface area contributed by atoms with E-state index in [9.17, 15) is 68.0 Å². The van der Waals surface area contributed by atoms with Crippen LogP contribution < -0.4 is 75.7 Å². The lowest BCUT2D eigenvalue weighted by Gasteiger charge is -2.30. The fourth-order valence-corrected chi connectivity index (χ4v) is 13.7. The van der Waals surface area contributed by atoms with Gasteiger partial charge < -0.3 is 101 Å². The Labute approximate surface area is 628 Å². The second-order valence-electron chi connectivity index (χ2n) is 25.7. The SMILES string of the molecule is CC(O)[C@@H]1NC(=O)[C@H](Cc2ccccc2)NC(=O)[C@H](C(C)O)NC(=O)[C@H](Cc2ccc(F)cc2)NC(=O)[C@@H](n2ccc3ccccc32)NC(=O)[C@H](Cc2ccccc2)NC(=O)[C@H](Cc2ccccc2)NC(=O)[C@H](CC(N)=O)NC(=O)[C@H](CCCCN)NC(=O)[C@@H](N)CSSC[C@@H](C(=O)O)NC(=O)[C@H](CO)NC1=O. The van der Waals surface area contributed by atoms with Crippen molar-refractivity contribution >= 4 is 109 Å². The molecule has 1 aromatic heterocycles. The van der Waals surface area contributed by atoms with Crippen molar-refractivity contribution in [3.05, 3.63) is 180 Å². The van der Waals surface area contributed by atoms with Crippen LogP contribution in [0.3, 0.4) is 0 Å². The Kier molecular flexibility index (Phi) is 32.8. The molecular formula is C73H90FN15O17S2. The molecule has 578 valence electrons. The standard InChI is InChI=1S/C73H90FN15O17S2/c1-40(91)59-70(102)82-51(33-43-18-8-4-9-19-43)66(98)87-60(41(2)92)71(103)84-55(37-90)69(101)85-56(73(105)106)39-108-107-38-48(76)62(94)78-49(23-14-15-30-75)63(95)81-54(36-58(77)93)65(97)79-50(32-42-16-6-3-7-17-42)64(96)80-53(34-44-20-10-5-11-21-44)68(100)88-61(89-31-29-46-22-12-13-24-57(46)89)72(104)83-52(67(99)86-59)35-45-25-27-47(74)28-26-45/h3-13,16-22,24-29,31,40-41,48-56,59-61,90-92H,14-15,23,30,32-39,75-76H2,1-2H3,(H2,77,93)(H,78,94)(H,79,97)(H,80,96)(H,81,95)(H,82,102)(H,83,104)(H,84,103)(H,85,101)(H,86,99)(H,87,98)(H,88,100)(H,105,106)/t40?,41?,48-,49-,50-,51-,52-,53-,54-,55-,56-,59-,60-,61+/m0/s1. The van der Waals surface area contributed by atoms with Crippen molar-refractivity contribution in [2.75, 3.05) is 24.7 Å². The minimum absolute atomic E-state index is 0.0873. The molecule has 0 saturated carbocycles. The van der Waals surface area contributed by atoms with Crippen LogP contribution in [0, 0.1) is 5.82 Å².